The molecule has 0 radical (unpaired) electrons. The zero-order valence-electron chi connectivity index (χ0n) is 7.87. The number of aromatic nitrogens is 2. The molecule has 1 aromatic rings. The first-order chi connectivity index (χ1) is 6.07. The Morgan fingerprint density at radius 1 is 1.69 bits per heavy atom. The van der Waals surface area contributed by atoms with Crippen molar-refractivity contribution in [2.24, 2.45) is 7.05 Å². The van der Waals surface area contributed by atoms with E-state index < -0.39 is 5.97 Å². The van der Waals surface area contributed by atoms with Gasteiger partial charge < -0.3 is 9.84 Å². The average Bonchev–Trinajstić information content (AvgIpc) is 2.27. The van der Waals surface area contributed by atoms with Gasteiger partial charge in [0.15, 0.2) is 0 Å². The highest BCUT2D eigenvalue weighted by Gasteiger charge is 2.18. The molecule has 1 rings (SSSR count). The summed E-state index contributed by atoms with van der Waals surface area (Å²) in [6.07, 6.45) is 0. The van der Waals surface area contributed by atoms with E-state index in [0.717, 1.165) is 0 Å². The van der Waals surface area contributed by atoms with Crippen LogP contribution in [0.4, 0.5) is 0 Å². The van der Waals surface area contributed by atoms with Crippen LogP contribution in [0.25, 0.3) is 0 Å². The summed E-state index contributed by atoms with van der Waals surface area (Å²) in [5.74, 6) is -0.961. The molecule has 1 aromatic heterocycles. The maximum Gasteiger partial charge on any atom is 0.339 e. The van der Waals surface area contributed by atoms with Gasteiger partial charge in [-0.05, 0) is 6.92 Å². The van der Waals surface area contributed by atoms with Crippen molar-refractivity contribution >= 4 is 5.97 Å². The lowest BCUT2D eigenvalue weighted by Crippen LogP contribution is -2.06. The second-order valence-electron chi connectivity index (χ2n) is 2.77. The van der Waals surface area contributed by atoms with Crippen LogP contribution >= 0.6 is 0 Å². The monoisotopic (exact) mass is 184 g/mol. The van der Waals surface area contributed by atoms with Gasteiger partial charge in [0, 0.05) is 14.2 Å². The average molecular weight is 184 g/mol. The predicted molar refractivity (Wildman–Crippen MR) is 45.6 cm³/mol. The van der Waals surface area contributed by atoms with Crippen LogP contribution in [0, 0.1) is 6.92 Å². The molecule has 0 unspecified atom stereocenters. The second kappa shape index (κ2) is 3.57. The summed E-state index contributed by atoms with van der Waals surface area (Å²) in [4.78, 5) is 10.8. The third-order valence-electron chi connectivity index (χ3n) is 1.84. The smallest absolute Gasteiger partial charge is 0.339 e. The number of aryl methyl sites for hydroxylation is 2. The third kappa shape index (κ3) is 1.70. The number of carboxylic acid groups (broad SMARTS) is 1. The molecule has 5 nitrogen and oxygen atoms in total. The molecule has 0 aliphatic carbocycles. The molecule has 5 heteroatoms. The topological polar surface area (TPSA) is 64.3 Å². The van der Waals surface area contributed by atoms with Crippen LogP contribution in [0.3, 0.4) is 0 Å². The van der Waals surface area contributed by atoms with Crippen molar-refractivity contribution in [3.05, 3.63) is 17.0 Å². The highest BCUT2D eigenvalue weighted by Crippen LogP contribution is 2.13. The molecule has 1 N–H and O–H groups in total. The zero-order valence-corrected chi connectivity index (χ0v) is 7.87. The van der Waals surface area contributed by atoms with Gasteiger partial charge in [-0.1, -0.05) is 0 Å². The normalized spacial score (nSPS) is 10.4. The van der Waals surface area contributed by atoms with Crippen LogP contribution in [0.2, 0.25) is 0 Å². The minimum atomic E-state index is -0.961. The molecular formula is C8H12N2O3. The van der Waals surface area contributed by atoms with E-state index in [2.05, 4.69) is 5.10 Å². The maximum absolute atomic E-state index is 10.8. The highest BCUT2D eigenvalue weighted by atomic mass is 16.5. The van der Waals surface area contributed by atoms with E-state index in [4.69, 9.17) is 9.84 Å². The Morgan fingerprint density at radius 3 is 2.77 bits per heavy atom. The summed E-state index contributed by atoms with van der Waals surface area (Å²) in [5.41, 5.74) is 1.35. The molecule has 0 aliphatic rings. The van der Waals surface area contributed by atoms with Crippen LogP contribution in [-0.4, -0.2) is 28.0 Å². The van der Waals surface area contributed by atoms with Crippen molar-refractivity contribution < 1.29 is 14.6 Å². The van der Waals surface area contributed by atoms with Crippen LogP contribution in [0.5, 0.6) is 0 Å². The minimum Gasteiger partial charge on any atom is -0.478 e. The first-order valence-electron chi connectivity index (χ1n) is 3.82. The molecule has 0 aliphatic heterocycles. The van der Waals surface area contributed by atoms with Crippen LogP contribution in [0.1, 0.15) is 21.7 Å². The molecule has 1 heterocycles. The van der Waals surface area contributed by atoms with Crippen molar-refractivity contribution in [3.8, 4) is 0 Å². The summed E-state index contributed by atoms with van der Waals surface area (Å²) in [7, 11) is 3.22. The van der Waals surface area contributed by atoms with Crippen molar-refractivity contribution in [2.45, 2.75) is 13.5 Å². The molecule has 0 saturated heterocycles. The fraction of sp³-hybridized carbons (Fsp3) is 0.500. The number of rotatable bonds is 3. The van der Waals surface area contributed by atoms with E-state index >= 15 is 0 Å². The molecule has 13 heavy (non-hydrogen) atoms. The van der Waals surface area contributed by atoms with Crippen molar-refractivity contribution in [1.29, 1.82) is 0 Å². The number of nitrogens with zero attached hydrogens (tertiary/aromatic N) is 2. The lowest BCUT2D eigenvalue weighted by atomic mass is 10.2. The summed E-state index contributed by atoms with van der Waals surface area (Å²) in [6.45, 7) is 1.93. The largest absolute Gasteiger partial charge is 0.478 e. The van der Waals surface area contributed by atoms with Gasteiger partial charge in [-0.3, -0.25) is 4.68 Å². The Bertz CT molecular complexity index is 330. The third-order valence-corrected chi connectivity index (χ3v) is 1.84. The maximum atomic E-state index is 10.8. The number of carbonyl (C=O) groups is 1. The Morgan fingerprint density at radius 2 is 2.31 bits per heavy atom. The number of hydrogen-bond acceptors (Lipinski definition) is 3. The molecule has 0 bridgehead atoms. The Hall–Kier alpha value is -1.36. The molecule has 0 aromatic carbocycles. The van der Waals surface area contributed by atoms with E-state index in [1.54, 1.807) is 14.0 Å². The van der Waals surface area contributed by atoms with E-state index in [1.807, 2.05) is 0 Å². The fourth-order valence-corrected chi connectivity index (χ4v) is 1.29. The summed E-state index contributed by atoms with van der Waals surface area (Å²) < 4.78 is 6.42. The first kappa shape index (κ1) is 9.73. The van der Waals surface area contributed by atoms with Gasteiger partial charge in [0.2, 0.25) is 0 Å². The van der Waals surface area contributed by atoms with Gasteiger partial charge in [-0.15, -0.1) is 0 Å². The molecule has 0 amide bonds. The van der Waals surface area contributed by atoms with E-state index in [-0.39, 0.29) is 12.2 Å². The fourth-order valence-electron chi connectivity index (χ4n) is 1.29. The standard InChI is InChI=1S/C8H12N2O3/c1-5-7(8(11)12)6(4-13-3)10(2)9-5/h4H2,1-3H3,(H,11,12). The van der Waals surface area contributed by atoms with Crippen molar-refractivity contribution in [1.82, 2.24) is 9.78 Å². The molecule has 0 atom stereocenters. The van der Waals surface area contributed by atoms with E-state index in [0.29, 0.717) is 11.4 Å². The van der Waals surface area contributed by atoms with Crippen LogP contribution < -0.4 is 0 Å². The van der Waals surface area contributed by atoms with Crippen molar-refractivity contribution in [3.63, 3.8) is 0 Å². The van der Waals surface area contributed by atoms with Gasteiger partial charge in [0.05, 0.1) is 18.0 Å². The molecule has 0 fully saturated rings. The van der Waals surface area contributed by atoms with Gasteiger partial charge in [0.25, 0.3) is 0 Å². The van der Waals surface area contributed by atoms with Gasteiger partial charge in [-0.25, -0.2) is 4.79 Å². The zero-order chi connectivity index (χ0) is 10.0. The van der Waals surface area contributed by atoms with Crippen LogP contribution in [0.15, 0.2) is 0 Å². The SMILES string of the molecule is COCc1c(C(=O)O)c(C)nn1C. The summed E-state index contributed by atoms with van der Waals surface area (Å²) in [5, 5.41) is 12.9. The van der Waals surface area contributed by atoms with Crippen molar-refractivity contribution in [2.75, 3.05) is 7.11 Å². The molecule has 0 saturated carbocycles. The number of hydrogen-bond donors (Lipinski definition) is 1. The summed E-state index contributed by atoms with van der Waals surface area (Å²) >= 11 is 0. The Kier molecular flexibility index (Phi) is 2.67. The lowest BCUT2D eigenvalue weighted by molar-refractivity contribution is 0.0690. The number of aromatic carboxylic acids is 1. The van der Waals surface area contributed by atoms with Gasteiger partial charge in [-0.2, -0.15) is 5.10 Å². The second-order valence-corrected chi connectivity index (χ2v) is 2.77. The number of ether oxygens (including phenoxy) is 1. The number of carboxylic acids is 1. The quantitative estimate of drug-likeness (QED) is 0.746. The molecular weight excluding hydrogens is 172 g/mol. The molecule has 0 spiro atoms. The van der Waals surface area contributed by atoms with Gasteiger partial charge in [0.1, 0.15) is 5.56 Å². The Balaban J connectivity index is 3.20. The predicted octanol–water partition coefficient (Wildman–Crippen LogP) is 0.573. The Labute approximate surface area is 75.9 Å². The van der Waals surface area contributed by atoms with E-state index in [9.17, 15) is 4.79 Å². The first-order valence-corrected chi connectivity index (χ1v) is 3.82. The van der Waals surface area contributed by atoms with Gasteiger partial charge >= 0.3 is 5.97 Å². The minimum absolute atomic E-state index is 0.240. The lowest BCUT2D eigenvalue weighted by Gasteiger charge is -2.01. The summed E-state index contributed by atoms with van der Waals surface area (Å²) in [6, 6.07) is 0. The number of methoxy groups -OCH3 is 1. The highest BCUT2D eigenvalue weighted by molar-refractivity contribution is 5.90. The van der Waals surface area contributed by atoms with E-state index in [1.165, 1.54) is 11.8 Å². The molecule has 72 valence electrons. The van der Waals surface area contributed by atoms with Crippen LogP contribution in [-0.2, 0) is 18.4 Å².